The van der Waals surface area contributed by atoms with Crippen LogP contribution in [0.4, 0.5) is 0 Å². The fourth-order valence-electron chi connectivity index (χ4n) is 2.74. The molecule has 0 atom stereocenters. The summed E-state index contributed by atoms with van der Waals surface area (Å²) in [5.41, 5.74) is 0.530. The maximum atomic E-state index is 11.7. The Balaban J connectivity index is 1.66. The van der Waals surface area contributed by atoms with Gasteiger partial charge < -0.3 is 42.6 Å². The number of hydrogen-bond acceptors (Lipinski definition) is 10. The second-order valence-electron chi connectivity index (χ2n) is 7.75. The Morgan fingerprint density at radius 1 is 0.486 bits per heavy atom. The number of hydrogen-bond donors (Lipinski definition) is 0. The van der Waals surface area contributed by atoms with Crippen LogP contribution < -0.4 is 0 Å². The molecule has 0 N–H and O–H groups in total. The van der Waals surface area contributed by atoms with E-state index in [1.165, 1.54) is 0 Å². The summed E-state index contributed by atoms with van der Waals surface area (Å²) in [7, 11) is 0. The number of rotatable bonds is 28. The fourth-order valence-corrected chi connectivity index (χ4v) is 2.74. The van der Waals surface area contributed by atoms with Crippen LogP contribution in [0.25, 0.3) is 0 Å². The summed E-state index contributed by atoms with van der Waals surface area (Å²) < 4.78 is 48.5. The van der Waals surface area contributed by atoms with E-state index in [2.05, 4.69) is 6.92 Å². The number of benzene rings is 1. The van der Waals surface area contributed by atoms with Gasteiger partial charge in [0.15, 0.2) is 0 Å². The maximum absolute atomic E-state index is 11.7. The second kappa shape index (κ2) is 27.4. The lowest BCUT2D eigenvalue weighted by Gasteiger charge is -2.09. The molecule has 0 saturated heterocycles. The number of esters is 1. The van der Waals surface area contributed by atoms with Crippen LogP contribution >= 0.6 is 0 Å². The van der Waals surface area contributed by atoms with Gasteiger partial charge in [0.25, 0.3) is 0 Å². The molecule has 0 spiro atoms. The van der Waals surface area contributed by atoms with E-state index in [1.54, 1.807) is 24.3 Å². The third-order valence-electron chi connectivity index (χ3n) is 4.72. The Morgan fingerprint density at radius 2 is 0.811 bits per heavy atom. The topological polar surface area (TPSA) is 100 Å². The molecule has 37 heavy (non-hydrogen) atoms. The van der Waals surface area contributed by atoms with Crippen LogP contribution in [0.2, 0.25) is 0 Å². The van der Waals surface area contributed by atoms with Crippen molar-refractivity contribution in [1.29, 1.82) is 0 Å². The molecule has 10 heteroatoms. The van der Waals surface area contributed by atoms with Crippen molar-refractivity contribution >= 4 is 5.97 Å². The van der Waals surface area contributed by atoms with Gasteiger partial charge in [-0.1, -0.05) is 31.5 Å². The molecule has 0 aliphatic rings. The summed E-state index contributed by atoms with van der Waals surface area (Å²) in [5.74, 6) is -0.351. The molecule has 0 radical (unpaired) electrons. The number of ether oxygens (including phenoxy) is 9. The molecule has 0 amide bonds. The largest absolute Gasteiger partial charge is 0.460 e. The highest BCUT2D eigenvalue weighted by molar-refractivity contribution is 5.89. The normalized spacial score (nSPS) is 11.2. The Bertz CT molecular complexity index is 602. The third-order valence-corrected chi connectivity index (χ3v) is 4.72. The van der Waals surface area contributed by atoms with Crippen molar-refractivity contribution in [2.75, 3.05) is 112 Å². The van der Waals surface area contributed by atoms with Crippen LogP contribution in [0.3, 0.4) is 0 Å². The SMILES string of the molecule is CCCCOCCOCCOCCOCCOCCOCCOCCOCCOC(=O)c1ccccc1. The van der Waals surface area contributed by atoms with Gasteiger partial charge in [-0.2, -0.15) is 0 Å². The van der Waals surface area contributed by atoms with Crippen LogP contribution in [-0.4, -0.2) is 118 Å². The van der Waals surface area contributed by atoms with Crippen molar-refractivity contribution in [3.8, 4) is 0 Å². The van der Waals surface area contributed by atoms with E-state index in [0.29, 0.717) is 105 Å². The summed E-state index contributed by atoms with van der Waals surface area (Å²) in [6, 6.07) is 8.86. The number of unbranched alkanes of at least 4 members (excludes halogenated alkanes) is 1. The third kappa shape index (κ3) is 23.2. The number of carbonyl (C=O) groups is 1. The summed E-state index contributed by atoms with van der Waals surface area (Å²) in [4.78, 5) is 11.7. The van der Waals surface area contributed by atoms with Gasteiger partial charge in [0.2, 0.25) is 0 Å². The van der Waals surface area contributed by atoms with Gasteiger partial charge in [-0.3, -0.25) is 0 Å². The minimum atomic E-state index is -0.351. The van der Waals surface area contributed by atoms with Gasteiger partial charge in [0.1, 0.15) is 6.61 Å². The second-order valence-corrected chi connectivity index (χ2v) is 7.75. The van der Waals surface area contributed by atoms with Crippen LogP contribution in [-0.2, 0) is 42.6 Å². The van der Waals surface area contributed by atoms with Crippen LogP contribution in [0, 0.1) is 0 Å². The van der Waals surface area contributed by atoms with Crippen molar-refractivity contribution in [2.24, 2.45) is 0 Å². The van der Waals surface area contributed by atoms with Gasteiger partial charge >= 0.3 is 5.97 Å². The Morgan fingerprint density at radius 3 is 1.16 bits per heavy atom. The van der Waals surface area contributed by atoms with Crippen LogP contribution in [0.5, 0.6) is 0 Å². The van der Waals surface area contributed by atoms with Crippen molar-refractivity contribution in [3.05, 3.63) is 35.9 Å². The van der Waals surface area contributed by atoms with E-state index in [1.807, 2.05) is 6.07 Å². The zero-order valence-corrected chi connectivity index (χ0v) is 22.4. The highest BCUT2D eigenvalue weighted by Crippen LogP contribution is 2.00. The summed E-state index contributed by atoms with van der Waals surface area (Å²) >= 11 is 0. The molecule has 0 fully saturated rings. The van der Waals surface area contributed by atoms with Crippen molar-refractivity contribution in [1.82, 2.24) is 0 Å². The molecule has 0 unspecified atom stereocenters. The average Bonchev–Trinajstić information content (AvgIpc) is 2.93. The molecule has 0 aliphatic carbocycles. The van der Waals surface area contributed by atoms with E-state index in [0.717, 1.165) is 19.4 Å². The van der Waals surface area contributed by atoms with E-state index in [9.17, 15) is 4.79 Å². The molecular weight excluding hydrogens is 484 g/mol. The Hall–Kier alpha value is -1.63. The monoisotopic (exact) mass is 530 g/mol. The molecule has 1 rings (SSSR count). The minimum Gasteiger partial charge on any atom is -0.460 e. The van der Waals surface area contributed by atoms with Crippen molar-refractivity contribution < 1.29 is 47.4 Å². The van der Waals surface area contributed by atoms with Crippen molar-refractivity contribution in [2.45, 2.75) is 19.8 Å². The predicted octanol–water partition coefficient (Wildman–Crippen LogP) is 2.78. The number of carbonyl (C=O) groups excluding carboxylic acids is 1. The molecular formula is C27H46O10. The summed E-state index contributed by atoms with van der Waals surface area (Å²) in [6.07, 6.45) is 2.24. The van der Waals surface area contributed by atoms with Gasteiger partial charge in [0.05, 0.1) is 105 Å². The molecule has 1 aromatic carbocycles. The van der Waals surface area contributed by atoms with E-state index in [-0.39, 0.29) is 12.6 Å². The van der Waals surface area contributed by atoms with E-state index in [4.69, 9.17) is 42.6 Å². The standard InChI is InChI=1S/C27H46O10/c1-2-3-9-29-10-11-30-12-13-31-14-15-32-16-17-33-18-19-34-20-21-35-22-23-36-24-25-37-27(28)26-7-5-4-6-8-26/h4-8H,2-3,9-25H2,1H3. The highest BCUT2D eigenvalue weighted by Gasteiger charge is 2.05. The molecule has 0 saturated carbocycles. The molecule has 1 aromatic rings. The Labute approximate surface area is 221 Å². The van der Waals surface area contributed by atoms with Gasteiger partial charge in [0, 0.05) is 6.61 Å². The molecule has 214 valence electrons. The van der Waals surface area contributed by atoms with E-state index >= 15 is 0 Å². The van der Waals surface area contributed by atoms with Crippen LogP contribution in [0.15, 0.2) is 30.3 Å². The molecule has 0 bridgehead atoms. The smallest absolute Gasteiger partial charge is 0.338 e. The first-order valence-electron chi connectivity index (χ1n) is 13.2. The zero-order valence-electron chi connectivity index (χ0n) is 22.4. The lowest BCUT2D eigenvalue weighted by atomic mass is 10.2. The molecule has 0 aliphatic heterocycles. The van der Waals surface area contributed by atoms with E-state index < -0.39 is 0 Å². The first kappa shape index (κ1) is 33.4. The van der Waals surface area contributed by atoms with Crippen LogP contribution in [0.1, 0.15) is 30.1 Å². The molecule has 0 aromatic heterocycles. The molecule has 0 heterocycles. The average molecular weight is 531 g/mol. The summed E-state index contributed by atoms with van der Waals surface area (Å²) in [5, 5.41) is 0. The lowest BCUT2D eigenvalue weighted by molar-refractivity contribution is -0.0244. The maximum Gasteiger partial charge on any atom is 0.338 e. The first-order chi connectivity index (χ1) is 18.3. The molecule has 10 nitrogen and oxygen atoms in total. The first-order valence-corrected chi connectivity index (χ1v) is 13.2. The van der Waals surface area contributed by atoms with Crippen molar-refractivity contribution in [3.63, 3.8) is 0 Å². The lowest BCUT2D eigenvalue weighted by Crippen LogP contribution is -2.15. The zero-order chi connectivity index (χ0) is 26.5. The Kier molecular flexibility index (Phi) is 24.7. The summed E-state index contributed by atoms with van der Waals surface area (Å²) in [6.45, 7) is 10.8. The predicted molar refractivity (Wildman–Crippen MR) is 138 cm³/mol. The highest BCUT2D eigenvalue weighted by atomic mass is 16.6. The van der Waals surface area contributed by atoms with Gasteiger partial charge in [-0.05, 0) is 18.6 Å². The quantitative estimate of drug-likeness (QED) is 0.119. The fraction of sp³-hybridized carbons (Fsp3) is 0.741. The van der Waals surface area contributed by atoms with Gasteiger partial charge in [-0.25, -0.2) is 4.79 Å². The van der Waals surface area contributed by atoms with Gasteiger partial charge in [-0.15, -0.1) is 0 Å². The minimum absolute atomic E-state index is 0.209.